The number of rotatable bonds is 9. The second-order valence-corrected chi connectivity index (χ2v) is 8.65. The van der Waals surface area contributed by atoms with Crippen molar-refractivity contribution >= 4 is 23.2 Å². The van der Waals surface area contributed by atoms with Crippen molar-refractivity contribution in [2.75, 3.05) is 26.2 Å². The van der Waals surface area contributed by atoms with Crippen LogP contribution in [0.1, 0.15) is 47.7 Å². The van der Waals surface area contributed by atoms with Crippen LogP contribution in [-0.2, 0) is 30.6 Å². The van der Waals surface area contributed by atoms with E-state index in [0.29, 0.717) is 13.0 Å². The van der Waals surface area contributed by atoms with Crippen LogP contribution in [0, 0.1) is 0 Å². The Balaban J connectivity index is 1.39. The first-order valence-corrected chi connectivity index (χ1v) is 11.8. The van der Waals surface area contributed by atoms with Gasteiger partial charge < -0.3 is 15.5 Å². The standard InChI is InChI=1S/C23H33N5OS/c1-3-20-16-27-21(30-20)11-14-26-23(24-4-2)25-13-7-10-22(29)28-15-12-18-8-5-6-9-19(18)17-28/h5-6,8-9,16H,3-4,7,10-15,17H2,1-2H3,(H2,24,25,26). The molecular formula is C23H33N5OS. The lowest BCUT2D eigenvalue weighted by Gasteiger charge is -2.28. The first-order chi connectivity index (χ1) is 14.7. The Morgan fingerprint density at radius 1 is 1.23 bits per heavy atom. The molecule has 162 valence electrons. The summed E-state index contributed by atoms with van der Waals surface area (Å²) in [7, 11) is 0. The lowest BCUT2D eigenvalue weighted by atomic mass is 9.99. The van der Waals surface area contributed by atoms with Gasteiger partial charge in [-0.25, -0.2) is 4.98 Å². The second-order valence-electron chi connectivity index (χ2n) is 7.45. The second kappa shape index (κ2) is 11.7. The number of fused-ring (bicyclic) bond motifs is 1. The van der Waals surface area contributed by atoms with Crippen molar-refractivity contribution in [3.8, 4) is 0 Å². The number of carbonyl (C=O) groups is 1. The minimum Gasteiger partial charge on any atom is -0.357 e. The normalized spacial score (nSPS) is 13.8. The van der Waals surface area contributed by atoms with Gasteiger partial charge in [0, 0.05) is 56.6 Å². The summed E-state index contributed by atoms with van der Waals surface area (Å²) in [6.07, 6.45) is 6.16. The van der Waals surface area contributed by atoms with E-state index in [0.717, 1.165) is 62.8 Å². The van der Waals surface area contributed by atoms with Gasteiger partial charge >= 0.3 is 0 Å². The molecule has 0 saturated carbocycles. The summed E-state index contributed by atoms with van der Waals surface area (Å²) in [5.41, 5.74) is 2.65. The monoisotopic (exact) mass is 427 g/mol. The molecule has 0 saturated heterocycles. The highest BCUT2D eigenvalue weighted by Gasteiger charge is 2.19. The van der Waals surface area contributed by atoms with Crippen LogP contribution < -0.4 is 10.6 Å². The van der Waals surface area contributed by atoms with Gasteiger partial charge in [-0.1, -0.05) is 31.2 Å². The highest BCUT2D eigenvalue weighted by atomic mass is 32.1. The highest BCUT2D eigenvalue weighted by Crippen LogP contribution is 2.19. The minimum atomic E-state index is 0.230. The summed E-state index contributed by atoms with van der Waals surface area (Å²) in [4.78, 5) is 25.0. The molecule has 0 atom stereocenters. The number of aliphatic imine (C=N–C) groups is 1. The third-order valence-corrected chi connectivity index (χ3v) is 6.43. The van der Waals surface area contributed by atoms with E-state index in [1.54, 1.807) is 11.3 Å². The number of nitrogens with zero attached hydrogens (tertiary/aromatic N) is 3. The number of guanidine groups is 1. The Morgan fingerprint density at radius 2 is 2.07 bits per heavy atom. The predicted molar refractivity (Wildman–Crippen MR) is 124 cm³/mol. The van der Waals surface area contributed by atoms with Crippen LogP contribution in [0.5, 0.6) is 0 Å². The molecule has 30 heavy (non-hydrogen) atoms. The number of hydrogen-bond donors (Lipinski definition) is 2. The zero-order valence-corrected chi connectivity index (χ0v) is 18.9. The molecule has 0 bridgehead atoms. The van der Waals surface area contributed by atoms with Crippen molar-refractivity contribution < 1.29 is 4.79 Å². The largest absolute Gasteiger partial charge is 0.357 e. The molecule has 2 heterocycles. The quantitative estimate of drug-likeness (QED) is 0.366. The van der Waals surface area contributed by atoms with Gasteiger partial charge in [0.15, 0.2) is 5.96 Å². The van der Waals surface area contributed by atoms with Gasteiger partial charge in [0.25, 0.3) is 0 Å². The number of hydrogen-bond acceptors (Lipinski definition) is 4. The summed E-state index contributed by atoms with van der Waals surface area (Å²) >= 11 is 1.78. The fourth-order valence-electron chi connectivity index (χ4n) is 3.54. The van der Waals surface area contributed by atoms with E-state index in [1.165, 1.54) is 16.0 Å². The first kappa shape index (κ1) is 22.3. The molecule has 0 spiro atoms. The SMILES string of the molecule is CCNC(=NCCCC(=O)N1CCc2ccccc2C1)NCCc1ncc(CC)s1. The maximum absolute atomic E-state index is 12.6. The summed E-state index contributed by atoms with van der Waals surface area (Å²) in [6, 6.07) is 8.41. The van der Waals surface area contributed by atoms with Crippen molar-refractivity contribution in [3.05, 3.63) is 51.5 Å². The van der Waals surface area contributed by atoms with E-state index >= 15 is 0 Å². The molecule has 0 radical (unpaired) electrons. The smallest absolute Gasteiger partial charge is 0.222 e. The van der Waals surface area contributed by atoms with Crippen LogP contribution in [0.2, 0.25) is 0 Å². The number of benzene rings is 1. The topological polar surface area (TPSA) is 69.6 Å². The van der Waals surface area contributed by atoms with Gasteiger partial charge in [-0.2, -0.15) is 0 Å². The average Bonchev–Trinajstić information content (AvgIpc) is 3.24. The van der Waals surface area contributed by atoms with Crippen LogP contribution >= 0.6 is 11.3 Å². The van der Waals surface area contributed by atoms with Gasteiger partial charge in [0.05, 0.1) is 5.01 Å². The van der Waals surface area contributed by atoms with Crippen molar-refractivity contribution in [1.29, 1.82) is 0 Å². The fraction of sp³-hybridized carbons (Fsp3) is 0.522. The van der Waals surface area contributed by atoms with E-state index in [1.807, 2.05) is 17.2 Å². The maximum atomic E-state index is 12.6. The lowest BCUT2D eigenvalue weighted by Crippen LogP contribution is -2.38. The highest BCUT2D eigenvalue weighted by molar-refractivity contribution is 7.11. The number of thiazole rings is 1. The lowest BCUT2D eigenvalue weighted by molar-refractivity contribution is -0.132. The van der Waals surface area contributed by atoms with Crippen LogP contribution in [-0.4, -0.2) is 47.9 Å². The Kier molecular flexibility index (Phi) is 8.68. The Morgan fingerprint density at radius 3 is 2.83 bits per heavy atom. The molecule has 1 amide bonds. The van der Waals surface area contributed by atoms with Crippen molar-refractivity contribution in [2.24, 2.45) is 4.99 Å². The molecule has 1 aromatic carbocycles. The van der Waals surface area contributed by atoms with Crippen molar-refractivity contribution in [1.82, 2.24) is 20.5 Å². The third-order valence-electron chi connectivity index (χ3n) is 5.23. The van der Waals surface area contributed by atoms with Crippen molar-refractivity contribution in [3.63, 3.8) is 0 Å². The molecule has 1 aliphatic rings. The summed E-state index contributed by atoms with van der Waals surface area (Å²) in [6.45, 7) is 8.02. The van der Waals surface area contributed by atoms with E-state index in [2.05, 4.69) is 52.7 Å². The number of aryl methyl sites for hydroxylation is 1. The van der Waals surface area contributed by atoms with Crippen LogP contribution in [0.4, 0.5) is 0 Å². The number of amides is 1. The van der Waals surface area contributed by atoms with Gasteiger partial charge in [-0.05, 0) is 37.3 Å². The van der Waals surface area contributed by atoms with E-state index in [-0.39, 0.29) is 5.91 Å². The Bertz CT molecular complexity index is 848. The van der Waals surface area contributed by atoms with Crippen LogP contribution in [0.25, 0.3) is 0 Å². The van der Waals surface area contributed by atoms with Gasteiger partial charge in [0.2, 0.25) is 5.91 Å². The average molecular weight is 428 g/mol. The molecule has 0 fully saturated rings. The zero-order valence-electron chi connectivity index (χ0n) is 18.1. The summed E-state index contributed by atoms with van der Waals surface area (Å²) < 4.78 is 0. The van der Waals surface area contributed by atoms with Crippen molar-refractivity contribution in [2.45, 2.75) is 52.5 Å². The number of aromatic nitrogens is 1. The molecule has 2 N–H and O–H groups in total. The molecule has 2 aromatic rings. The Labute approximate surface area is 183 Å². The van der Waals surface area contributed by atoms with Crippen LogP contribution in [0.15, 0.2) is 35.5 Å². The molecule has 0 aliphatic carbocycles. The molecular weight excluding hydrogens is 394 g/mol. The first-order valence-electron chi connectivity index (χ1n) is 11.0. The number of nitrogens with one attached hydrogen (secondary N) is 2. The Hall–Kier alpha value is -2.41. The van der Waals surface area contributed by atoms with Crippen LogP contribution in [0.3, 0.4) is 0 Å². The maximum Gasteiger partial charge on any atom is 0.222 e. The van der Waals surface area contributed by atoms with Gasteiger partial charge in [-0.15, -0.1) is 11.3 Å². The minimum absolute atomic E-state index is 0.230. The summed E-state index contributed by atoms with van der Waals surface area (Å²) in [5.74, 6) is 1.04. The number of carbonyl (C=O) groups excluding carboxylic acids is 1. The van der Waals surface area contributed by atoms with Gasteiger partial charge in [-0.3, -0.25) is 9.79 Å². The molecule has 3 rings (SSSR count). The third kappa shape index (κ3) is 6.55. The van der Waals surface area contributed by atoms with E-state index in [9.17, 15) is 4.79 Å². The molecule has 1 aliphatic heterocycles. The summed E-state index contributed by atoms with van der Waals surface area (Å²) in [5, 5.41) is 7.80. The molecule has 0 unspecified atom stereocenters. The zero-order chi connectivity index (χ0) is 21.2. The van der Waals surface area contributed by atoms with E-state index < -0.39 is 0 Å². The predicted octanol–water partition coefficient (Wildman–Crippen LogP) is 3.17. The fourth-order valence-corrected chi connectivity index (χ4v) is 4.41. The molecule has 6 nitrogen and oxygen atoms in total. The van der Waals surface area contributed by atoms with E-state index in [4.69, 9.17) is 0 Å². The molecule has 7 heteroatoms. The molecule has 1 aromatic heterocycles. The van der Waals surface area contributed by atoms with Gasteiger partial charge in [0.1, 0.15) is 0 Å².